The van der Waals surface area contributed by atoms with Crippen LogP contribution in [0.1, 0.15) is 47.0 Å². The average molecular weight is 267 g/mol. The summed E-state index contributed by atoms with van der Waals surface area (Å²) in [5, 5.41) is 9.30. The highest BCUT2D eigenvalue weighted by Gasteiger charge is 2.42. The van der Waals surface area contributed by atoms with Gasteiger partial charge in [0.2, 0.25) is 0 Å². The van der Waals surface area contributed by atoms with E-state index < -0.39 is 5.97 Å². The van der Waals surface area contributed by atoms with Crippen molar-refractivity contribution in [2.75, 3.05) is 13.1 Å². The van der Waals surface area contributed by atoms with E-state index >= 15 is 0 Å². The Labute approximate surface area is 117 Å². The minimum absolute atomic E-state index is 0.162. The molecule has 1 saturated heterocycles. The minimum atomic E-state index is -0.611. The Morgan fingerprint density at radius 3 is 2.42 bits per heavy atom. The zero-order valence-electron chi connectivity index (χ0n) is 12.8. The molecule has 0 radical (unpaired) electrons. The quantitative estimate of drug-likeness (QED) is 0.854. The van der Waals surface area contributed by atoms with Gasteiger partial charge in [-0.05, 0) is 36.5 Å². The first-order valence-electron chi connectivity index (χ1n) is 7.87. The summed E-state index contributed by atoms with van der Waals surface area (Å²) < 4.78 is 0. The zero-order valence-corrected chi connectivity index (χ0v) is 12.8. The molecule has 19 heavy (non-hydrogen) atoms. The lowest BCUT2D eigenvalue weighted by Crippen LogP contribution is -2.45. The molecule has 3 nitrogen and oxygen atoms in total. The van der Waals surface area contributed by atoms with E-state index in [0.717, 1.165) is 24.9 Å². The molecule has 0 aromatic rings. The molecule has 1 N–H and O–H groups in total. The predicted octanol–water partition coefficient (Wildman–Crippen LogP) is 3.10. The number of carbonyl (C=O) groups is 1. The highest BCUT2D eigenvalue weighted by atomic mass is 16.4. The smallest absolute Gasteiger partial charge is 0.308 e. The Kier molecular flexibility index (Phi) is 4.54. The van der Waals surface area contributed by atoms with Crippen molar-refractivity contribution in [1.29, 1.82) is 0 Å². The summed E-state index contributed by atoms with van der Waals surface area (Å²) in [5.74, 6) is 1.76. The molecular weight excluding hydrogens is 238 g/mol. The van der Waals surface area contributed by atoms with Gasteiger partial charge in [-0.15, -0.1) is 0 Å². The van der Waals surface area contributed by atoms with Gasteiger partial charge in [0.15, 0.2) is 0 Å². The summed E-state index contributed by atoms with van der Waals surface area (Å²) in [6.45, 7) is 10.8. The number of likely N-dealkylation sites (tertiary alicyclic amines) is 1. The fourth-order valence-electron chi connectivity index (χ4n) is 4.17. The van der Waals surface area contributed by atoms with Crippen LogP contribution < -0.4 is 0 Å². The third kappa shape index (κ3) is 3.13. The van der Waals surface area contributed by atoms with Crippen LogP contribution in [0.2, 0.25) is 0 Å². The maximum atomic E-state index is 11.3. The Morgan fingerprint density at radius 1 is 1.21 bits per heavy atom. The maximum absolute atomic E-state index is 11.3. The molecule has 1 heterocycles. The topological polar surface area (TPSA) is 40.5 Å². The van der Waals surface area contributed by atoms with Gasteiger partial charge < -0.3 is 5.11 Å². The summed E-state index contributed by atoms with van der Waals surface area (Å²) in [5.41, 5.74) is 0. The summed E-state index contributed by atoms with van der Waals surface area (Å²) in [6, 6.07) is 0.607. The molecule has 2 rings (SSSR count). The normalized spacial score (nSPS) is 40.8. The van der Waals surface area contributed by atoms with Crippen molar-refractivity contribution >= 4 is 5.97 Å². The van der Waals surface area contributed by atoms with Gasteiger partial charge in [0.05, 0.1) is 5.92 Å². The Morgan fingerprint density at radius 2 is 1.89 bits per heavy atom. The fraction of sp³-hybridized carbons (Fsp3) is 0.938. The van der Waals surface area contributed by atoms with Crippen LogP contribution in [0.25, 0.3) is 0 Å². The van der Waals surface area contributed by atoms with Gasteiger partial charge in [0, 0.05) is 19.1 Å². The molecule has 2 aliphatic rings. The van der Waals surface area contributed by atoms with Crippen LogP contribution in [0.15, 0.2) is 0 Å². The second kappa shape index (κ2) is 5.82. The van der Waals surface area contributed by atoms with Gasteiger partial charge in [0.1, 0.15) is 0 Å². The van der Waals surface area contributed by atoms with Gasteiger partial charge in [-0.3, -0.25) is 9.69 Å². The van der Waals surface area contributed by atoms with E-state index in [1.807, 2.05) is 0 Å². The second-order valence-electron chi connectivity index (χ2n) is 7.27. The van der Waals surface area contributed by atoms with Crippen molar-refractivity contribution in [3.05, 3.63) is 0 Å². The molecular formula is C16H29NO2. The molecule has 3 unspecified atom stereocenters. The molecule has 3 heteroatoms. The first kappa shape index (κ1) is 14.8. The van der Waals surface area contributed by atoms with Crippen molar-refractivity contribution in [2.24, 2.45) is 29.6 Å². The van der Waals surface area contributed by atoms with E-state index in [1.54, 1.807) is 0 Å². The first-order chi connectivity index (χ1) is 8.90. The maximum Gasteiger partial charge on any atom is 0.308 e. The van der Waals surface area contributed by atoms with Crippen LogP contribution >= 0.6 is 0 Å². The number of carboxylic acids is 1. The second-order valence-corrected chi connectivity index (χ2v) is 7.27. The van der Waals surface area contributed by atoms with Gasteiger partial charge >= 0.3 is 5.97 Å². The number of hydrogen-bond donors (Lipinski definition) is 1. The average Bonchev–Trinajstić information content (AvgIpc) is 2.70. The Bertz CT molecular complexity index is 329. The van der Waals surface area contributed by atoms with E-state index in [9.17, 15) is 9.90 Å². The zero-order chi connectivity index (χ0) is 14.2. The van der Waals surface area contributed by atoms with Crippen molar-refractivity contribution in [2.45, 2.75) is 53.0 Å². The monoisotopic (exact) mass is 267 g/mol. The molecule has 0 bridgehead atoms. The number of aliphatic carboxylic acids is 1. The largest absolute Gasteiger partial charge is 0.481 e. The third-order valence-electron chi connectivity index (χ3n) is 5.41. The van der Waals surface area contributed by atoms with Crippen LogP contribution in [-0.4, -0.2) is 35.1 Å². The van der Waals surface area contributed by atoms with Crippen molar-refractivity contribution in [3.63, 3.8) is 0 Å². The van der Waals surface area contributed by atoms with Crippen LogP contribution in [0.4, 0.5) is 0 Å². The SMILES string of the molecule is CC1CCC(C(C)C)C(N2C[C@@H](C)[C@H](C(=O)O)C2)C1. The number of hydrogen-bond acceptors (Lipinski definition) is 2. The van der Waals surface area contributed by atoms with Crippen LogP contribution in [0, 0.1) is 29.6 Å². The van der Waals surface area contributed by atoms with E-state index in [1.165, 1.54) is 19.3 Å². The number of carboxylic acid groups (broad SMARTS) is 1. The predicted molar refractivity (Wildman–Crippen MR) is 77.0 cm³/mol. The lowest BCUT2D eigenvalue weighted by Gasteiger charge is -2.42. The van der Waals surface area contributed by atoms with E-state index in [4.69, 9.17) is 0 Å². The van der Waals surface area contributed by atoms with E-state index in [2.05, 4.69) is 32.6 Å². The Hall–Kier alpha value is -0.570. The van der Waals surface area contributed by atoms with Crippen molar-refractivity contribution < 1.29 is 9.90 Å². The number of rotatable bonds is 3. The molecule has 2 fully saturated rings. The molecule has 1 aliphatic heterocycles. The van der Waals surface area contributed by atoms with Crippen LogP contribution in [0.5, 0.6) is 0 Å². The summed E-state index contributed by atoms with van der Waals surface area (Å²) >= 11 is 0. The lowest BCUT2D eigenvalue weighted by atomic mass is 9.73. The molecule has 0 aromatic heterocycles. The Balaban J connectivity index is 2.08. The molecule has 5 atom stereocenters. The van der Waals surface area contributed by atoms with E-state index in [0.29, 0.717) is 17.9 Å². The molecule has 110 valence electrons. The van der Waals surface area contributed by atoms with Gasteiger partial charge in [-0.1, -0.05) is 34.1 Å². The van der Waals surface area contributed by atoms with Gasteiger partial charge in [-0.2, -0.15) is 0 Å². The van der Waals surface area contributed by atoms with Gasteiger partial charge in [0.25, 0.3) is 0 Å². The van der Waals surface area contributed by atoms with Crippen LogP contribution in [-0.2, 0) is 4.79 Å². The van der Waals surface area contributed by atoms with Gasteiger partial charge in [-0.25, -0.2) is 0 Å². The molecule has 0 amide bonds. The minimum Gasteiger partial charge on any atom is -0.481 e. The fourth-order valence-corrected chi connectivity index (χ4v) is 4.17. The summed E-state index contributed by atoms with van der Waals surface area (Å²) in [7, 11) is 0. The standard InChI is InChI=1S/C16H29NO2/c1-10(2)13-6-5-11(3)7-15(13)17-8-12(4)14(9-17)16(18)19/h10-15H,5-9H2,1-4H3,(H,18,19)/t11?,12-,13?,14-,15?/m1/s1. The third-order valence-corrected chi connectivity index (χ3v) is 5.41. The van der Waals surface area contributed by atoms with Crippen LogP contribution in [0.3, 0.4) is 0 Å². The van der Waals surface area contributed by atoms with Crippen molar-refractivity contribution in [3.8, 4) is 0 Å². The number of nitrogens with zero attached hydrogens (tertiary/aromatic N) is 1. The molecule has 0 spiro atoms. The first-order valence-corrected chi connectivity index (χ1v) is 7.87. The molecule has 1 aliphatic carbocycles. The lowest BCUT2D eigenvalue weighted by molar-refractivity contribution is -0.142. The summed E-state index contributed by atoms with van der Waals surface area (Å²) in [4.78, 5) is 13.8. The summed E-state index contributed by atoms with van der Waals surface area (Å²) in [6.07, 6.45) is 3.90. The van der Waals surface area contributed by atoms with E-state index in [-0.39, 0.29) is 5.92 Å². The van der Waals surface area contributed by atoms with Crippen molar-refractivity contribution in [1.82, 2.24) is 4.90 Å². The molecule has 0 aromatic carbocycles. The molecule has 1 saturated carbocycles. The highest BCUT2D eigenvalue weighted by Crippen LogP contribution is 2.39. The highest BCUT2D eigenvalue weighted by molar-refractivity contribution is 5.71.